The van der Waals surface area contributed by atoms with Crippen molar-refractivity contribution in [2.24, 2.45) is 0 Å². The first-order valence-corrected chi connectivity index (χ1v) is 5.53. The first-order valence-electron chi connectivity index (χ1n) is 4.99. The Hall–Kier alpha value is -2.14. The highest BCUT2D eigenvalue weighted by Gasteiger charge is 2.19. The van der Waals surface area contributed by atoms with Crippen molar-refractivity contribution in [1.29, 1.82) is 0 Å². The number of rotatable bonds is 3. The third kappa shape index (κ3) is 2.00. The van der Waals surface area contributed by atoms with Crippen LogP contribution < -0.4 is 0 Å². The fraction of sp³-hybridized carbons (Fsp3) is 0.0833. The van der Waals surface area contributed by atoms with Crippen molar-refractivity contribution in [3.05, 3.63) is 41.1 Å². The van der Waals surface area contributed by atoms with Crippen molar-refractivity contribution >= 4 is 34.4 Å². The molecule has 0 amide bonds. The summed E-state index contributed by atoms with van der Waals surface area (Å²) in [4.78, 5) is 25.9. The molecule has 0 radical (unpaired) electrons. The van der Waals surface area contributed by atoms with Gasteiger partial charge in [-0.05, 0) is 17.7 Å². The number of aromatic carboxylic acids is 2. The molecule has 2 N–H and O–H groups in total. The van der Waals surface area contributed by atoms with E-state index in [-0.39, 0.29) is 11.4 Å². The lowest BCUT2D eigenvalue weighted by Crippen LogP contribution is -2.11. The first-order chi connectivity index (χ1) is 8.54. The molecule has 1 aromatic carbocycles. The van der Waals surface area contributed by atoms with E-state index in [1.807, 2.05) is 0 Å². The molecule has 0 aliphatic rings. The van der Waals surface area contributed by atoms with E-state index >= 15 is 0 Å². The van der Waals surface area contributed by atoms with Crippen LogP contribution in [0.2, 0.25) is 0 Å². The number of halogens is 1. The van der Waals surface area contributed by atoms with Crippen molar-refractivity contribution < 1.29 is 19.8 Å². The van der Waals surface area contributed by atoms with Crippen molar-refractivity contribution in [2.45, 2.75) is 5.88 Å². The van der Waals surface area contributed by atoms with Gasteiger partial charge >= 0.3 is 11.9 Å². The summed E-state index contributed by atoms with van der Waals surface area (Å²) >= 11 is 5.75. The number of aromatic nitrogens is 1. The van der Waals surface area contributed by atoms with Gasteiger partial charge in [0.25, 0.3) is 0 Å². The summed E-state index contributed by atoms with van der Waals surface area (Å²) in [5.74, 6) is -2.50. The minimum atomic E-state index is -1.37. The summed E-state index contributed by atoms with van der Waals surface area (Å²) in [6.07, 6.45) is 0. The summed E-state index contributed by atoms with van der Waals surface area (Å²) in [6, 6.07) is 6.34. The molecule has 92 valence electrons. The largest absolute Gasteiger partial charge is 0.478 e. The van der Waals surface area contributed by atoms with E-state index in [1.54, 1.807) is 18.2 Å². The van der Waals surface area contributed by atoms with E-state index in [0.717, 1.165) is 0 Å². The highest BCUT2D eigenvalue weighted by Crippen LogP contribution is 2.22. The Kier molecular flexibility index (Phi) is 3.16. The second kappa shape index (κ2) is 4.62. The zero-order chi connectivity index (χ0) is 13.3. The van der Waals surface area contributed by atoms with Crippen molar-refractivity contribution in [3.8, 4) is 0 Å². The van der Waals surface area contributed by atoms with Gasteiger partial charge in [0.15, 0.2) is 5.69 Å². The van der Waals surface area contributed by atoms with Gasteiger partial charge in [0, 0.05) is 11.3 Å². The van der Waals surface area contributed by atoms with Crippen LogP contribution in [0.15, 0.2) is 24.3 Å². The van der Waals surface area contributed by atoms with Crippen LogP contribution in [0.25, 0.3) is 10.9 Å². The molecule has 0 spiro atoms. The third-order valence-corrected chi connectivity index (χ3v) is 2.81. The third-order valence-electron chi connectivity index (χ3n) is 2.53. The van der Waals surface area contributed by atoms with Crippen LogP contribution in [0.1, 0.15) is 26.4 Å². The fourth-order valence-electron chi connectivity index (χ4n) is 1.70. The minimum absolute atomic E-state index is 0.199. The van der Waals surface area contributed by atoms with Crippen LogP contribution in [0.4, 0.5) is 0 Å². The monoisotopic (exact) mass is 265 g/mol. The average Bonchev–Trinajstić information content (AvgIpc) is 2.36. The summed E-state index contributed by atoms with van der Waals surface area (Å²) in [7, 11) is 0. The number of hydrogen-bond acceptors (Lipinski definition) is 3. The number of nitrogens with zero attached hydrogens (tertiary/aromatic N) is 1. The first kappa shape index (κ1) is 12.3. The van der Waals surface area contributed by atoms with Crippen LogP contribution in [0, 0.1) is 0 Å². The van der Waals surface area contributed by atoms with E-state index in [4.69, 9.17) is 21.8 Å². The molecule has 0 atom stereocenters. The standard InChI is InChI=1S/C12H8ClNO4/c13-5-6-2-1-3-9-7(6)4-8(11(15)16)10(14-9)12(17)18/h1-4H,5H2,(H,15,16)(H,17,18). The Labute approximate surface area is 107 Å². The van der Waals surface area contributed by atoms with Gasteiger partial charge in [0.05, 0.1) is 11.1 Å². The van der Waals surface area contributed by atoms with Gasteiger partial charge in [-0.25, -0.2) is 14.6 Å². The number of alkyl halides is 1. The van der Waals surface area contributed by atoms with Crippen LogP contribution in [0.3, 0.4) is 0 Å². The molecule has 1 heterocycles. The van der Waals surface area contributed by atoms with E-state index in [2.05, 4.69) is 4.98 Å². The van der Waals surface area contributed by atoms with Crippen LogP contribution in [-0.4, -0.2) is 27.1 Å². The quantitative estimate of drug-likeness (QED) is 0.832. The molecular formula is C12H8ClNO4. The number of hydrogen-bond donors (Lipinski definition) is 2. The number of carbonyl (C=O) groups is 2. The SMILES string of the molecule is O=C(O)c1cc2c(CCl)cccc2nc1C(=O)O. The molecule has 6 heteroatoms. The molecule has 0 fully saturated rings. The summed E-state index contributed by atoms with van der Waals surface area (Å²) < 4.78 is 0. The Balaban J connectivity index is 2.84. The Morgan fingerprint density at radius 1 is 1.22 bits per heavy atom. The lowest BCUT2D eigenvalue weighted by molar-refractivity contribution is 0.0647. The summed E-state index contributed by atoms with van der Waals surface area (Å²) in [6.45, 7) is 0. The smallest absolute Gasteiger partial charge is 0.355 e. The molecule has 0 aliphatic heterocycles. The molecule has 5 nitrogen and oxygen atoms in total. The molecular weight excluding hydrogens is 258 g/mol. The maximum atomic E-state index is 11.0. The van der Waals surface area contributed by atoms with Crippen LogP contribution in [0.5, 0.6) is 0 Å². The van der Waals surface area contributed by atoms with Gasteiger partial charge < -0.3 is 10.2 Å². The molecule has 2 rings (SSSR count). The minimum Gasteiger partial charge on any atom is -0.478 e. The maximum Gasteiger partial charge on any atom is 0.355 e. The predicted molar refractivity (Wildman–Crippen MR) is 65.2 cm³/mol. The molecule has 0 aliphatic carbocycles. The van der Waals surface area contributed by atoms with Gasteiger partial charge in [0.2, 0.25) is 0 Å². The van der Waals surface area contributed by atoms with E-state index < -0.39 is 17.6 Å². The van der Waals surface area contributed by atoms with Crippen LogP contribution in [-0.2, 0) is 5.88 Å². The van der Waals surface area contributed by atoms with E-state index in [9.17, 15) is 9.59 Å². The van der Waals surface area contributed by atoms with E-state index in [1.165, 1.54) is 6.07 Å². The van der Waals surface area contributed by atoms with E-state index in [0.29, 0.717) is 16.5 Å². The highest BCUT2D eigenvalue weighted by atomic mass is 35.5. The predicted octanol–water partition coefficient (Wildman–Crippen LogP) is 2.37. The zero-order valence-electron chi connectivity index (χ0n) is 9.05. The average molecular weight is 266 g/mol. The fourth-order valence-corrected chi connectivity index (χ4v) is 1.93. The van der Waals surface area contributed by atoms with Crippen molar-refractivity contribution in [3.63, 3.8) is 0 Å². The number of benzene rings is 1. The molecule has 0 unspecified atom stereocenters. The zero-order valence-corrected chi connectivity index (χ0v) is 9.81. The van der Waals surface area contributed by atoms with Crippen LogP contribution >= 0.6 is 11.6 Å². The Bertz CT molecular complexity index is 654. The lowest BCUT2D eigenvalue weighted by atomic mass is 10.1. The lowest BCUT2D eigenvalue weighted by Gasteiger charge is -2.06. The maximum absolute atomic E-state index is 11.0. The van der Waals surface area contributed by atoms with Gasteiger partial charge in [-0.1, -0.05) is 12.1 Å². The summed E-state index contributed by atoms with van der Waals surface area (Å²) in [5.41, 5.74) is 0.311. The molecule has 1 aromatic heterocycles. The molecule has 0 saturated carbocycles. The normalized spacial score (nSPS) is 10.5. The van der Waals surface area contributed by atoms with Gasteiger partial charge in [-0.2, -0.15) is 0 Å². The van der Waals surface area contributed by atoms with Gasteiger partial charge in [-0.3, -0.25) is 0 Å². The number of carboxylic acids is 2. The second-order valence-corrected chi connectivity index (χ2v) is 3.88. The summed E-state index contributed by atoms with van der Waals surface area (Å²) in [5, 5.41) is 18.5. The number of pyridine rings is 1. The van der Waals surface area contributed by atoms with Gasteiger partial charge in [0.1, 0.15) is 0 Å². The molecule has 18 heavy (non-hydrogen) atoms. The molecule has 0 saturated heterocycles. The van der Waals surface area contributed by atoms with Crippen molar-refractivity contribution in [2.75, 3.05) is 0 Å². The number of carboxylic acid groups (broad SMARTS) is 2. The number of fused-ring (bicyclic) bond motifs is 1. The topological polar surface area (TPSA) is 87.5 Å². The molecule has 2 aromatic rings. The van der Waals surface area contributed by atoms with Gasteiger partial charge in [-0.15, -0.1) is 11.6 Å². The van der Waals surface area contributed by atoms with Crippen molar-refractivity contribution in [1.82, 2.24) is 4.98 Å². The Morgan fingerprint density at radius 3 is 2.50 bits per heavy atom. The molecule has 0 bridgehead atoms. The Morgan fingerprint density at radius 2 is 1.94 bits per heavy atom. The highest BCUT2D eigenvalue weighted by molar-refractivity contribution is 6.18. The second-order valence-electron chi connectivity index (χ2n) is 3.61.